The number of alkyl halides is 3. The van der Waals surface area contributed by atoms with Crippen LogP contribution in [0.5, 0.6) is 6.08 Å². The maximum Gasteiger partial charge on any atom is 0.491 e. The lowest BCUT2D eigenvalue weighted by atomic mass is 10.2. The lowest BCUT2D eigenvalue weighted by molar-refractivity contribution is -0.191. The van der Waals surface area contributed by atoms with Gasteiger partial charge >= 0.3 is 18.2 Å². The van der Waals surface area contributed by atoms with E-state index in [0.717, 1.165) is 0 Å². The van der Waals surface area contributed by atoms with Gasteiger partial charge in [-0.15, -0.1) is 0 Å². The number of benzene rings is 1. The molecule has 2 N–H and O–H groups in total. The average molecular weight is 274 g/mol. The lowest BCUT2D eigenvalue weighted by Crippen LogP contribution is -2.28. The highest BCUT2D eigenvalue weighted by Gasteiger charge is 2.42. The Labute approximate surface area is 102 Å². The topological polar surface area (TPSA) is 95.4 Å². The van der Waals surface area contributed by atoms with Crippen LogP contribution in [-0.4, -0.2) is 23.0 Å². The number of aromatic nitrogens is 1. The Morgan fingerprint density at radius 2 is 2.00 bits per heavy atom. The summed E-state index contributed by atoms with van der Waals surface area (Å²) in [7, 11) is 0. The summed E-state index contributed by atoms with van der Waals surface area (Å²) in [6, 6.07) is 3.78. The molecular formula is C10H5F3N2O4. The molecule has 1 heterocycles. The molecule has 1 amide bonds. The quantitative estimate of drug-likeness (QED) is 0.835. The molecule has 0 aliphatic carbocycles. The van der Waals surface area contributed by atoms with Crippen molar-refractivity contribution >= 4 is 23.0 Å². The average Bonchev–Trinajstić information content (AvgIpc) is 2.68. The number of esters is 1. The first-order chi connectivity index (χ1) is 8.77. The smallest absolute Gasteiger partial charge is 0.409 e. The Morgan fingerprint density at radius 3 is 2.58 bits per heavy atom. The van der Waals surface area contributed by atoms with E-state index in [-0.39, 0.29) is 16.7 Å². The SMILES string of the molecule is NC(=O)c1ccc2nc(OC(=O)C(F)(F)F)oc2c1. The van der Waals surface area contributed by atoms with E-state index in [0.29, 0.717) is 0 Å². The molecule has 6 nitrogen and oxygen atoms in total. The number of rotatable bonds is 2. The van der Waals surface area contributed by atoms with Crippen molar-refractivity contribution in [2.75, 3.05) is 0 Å². The fourth-order valence-electron chi connectivity index (χ4n) is 1.24. The van der Waals surface area contributed by atoms with E-state index < -0.39 is 24.1 Å². The first-order valence-corrected chi connectivity index (χ1v) is 4.77. The number of amides is 1. The van der Waals surface area contributed by atoms with E-state index in [9.17, 15) is 22.8 Å². The lowest BCUT2D eigenvalue weighted by Gasteiger charge is -2.01. The zero-order valence-electron chi connectivity index (χ0n) is 9.02. The Morgan fingerprint density at radius 1 is 1.32 bits per heavy atom. The number of primary amides is 1. The van der Waals surface area contributed by atoms with Gasteiger partial charge in [-0.05, 0) is 18.2 Å². The van der Waals surface area contributed by atoms with Crippen molar-refractivity contribution in [3.05, 3.63) is 23.8 Å². The molecule has 19 heavy (non-hydrogen) atoms. The molecule has 0 atom stereocenters. The summed E-state index contributed by atoms with van der Waals surface area (Å²) in [4.78, 5) is 25.0. The summed E-state index contributed by atoms with van der Waals surface area (Å²) >= 11 is 0. The first kappa shape index (κ1) is 12.9. The van der Waals surface area contributed by atoms with Crippen LogP contribution in [0.4, 0.5) is 13.2 Å². The highest BCUT2D eigenvalue weighted by molar-refractivity contribution is 5.95. The van der Waals surface area contributed by atoms with E-state index >= 15 is 0 Å². The Balaban J connectivity index is 2.32. The Kier molecular flexibility index (Phi) is 2.89. The molecule has 0 saturated carbocycles. The van der Waals surface area contributed by atoms with Crippen LogP contribution < -0.4 is 10.5 Å². The van der Waals surface area contributed by atoms with Crippen LogP contribution in [0.2, 0.25) is 0 Å². The number of carbonyl (C=O) groups is 2. The summed E-state index contributed by atoms with van der Waals surface area (Å²) in [5, 5.41) is 0. The Hall–Kier alpha value is -2.58. The summed E-state index contributed by atoms with van der Waals surface area (Å²) in [5.41, 5.74) is 5.19. The number of ether oxygens (including phenoxy) is 1. The molecule has 0 radical (unpaired) electrons. The van der Waals surface area contributed by atoms with E-state index in [2.05, 4.69) is 9.72 Å². The van der Waals surface area contributed by atoms with Crippen LogP contribution in [0.3, 0.4) is 0 Å². The minimum Gasteiger partial charge on any atom is -0.409 e. The molecule has 0 aliphatic rings. The highest BCUT2D eigenvalue weighted by Crippen LogP contribution is 2.24. The number of carbonyl (C=O) groups excluding carboxylic acids is 2. The molecule has 0 fully saturated rings. The van der Waals surface area contributed by atoms with Crippen molar-refractivity contribution < 1.29 is 31.9 Å². The third kappa shape index (κ3) is 2.64. The van der Waals surface area contributed by atoms with Gasteiger partial charge in [-0.1, -0.05) is 0 Å². The highest BCUT2D eigenvalue weighted by atomic mass is 19.4. The molecule has 0 unspecified atom stereocenters. The Bertz CT molecular complexity index is 662. The number of halogens is 3. The summed E-state index contributed by atoms with van der Waals surface area (Å²) < 4.78 is 44.5. The fourth-order valence-corrected chi connectivity index (χ4v) is 1.24. The third-order valence-corrected chi connectivity index (χ3v) is 2.06. The molecule has 2 aromatic rings. The molecule has 2 rings (SSSR count). The van der Waals surface area contributed by atoms with Crippen LogP contribution in [0.1, 0.15) is 10.4 Å². The fraction of sp³-hybridized carbons (Fsp3) is 0.100. The van der Waals surface area contributed by atoms with E-state index in [1.807, 2.05) is 0 Å². The summed E-state index contributed by atoms with van der Waals surface area (Å²) in [6.07, 6.45) is -6.02. The third-order valence-electron chi connectivity index (χ3n) is 2.06. The van der Waals surface area contributed by atoms with Crippen molar-refractivity contribution in [1.82, 2.24) is 4.98 Å². The van der Waals surface area contributed by atoms with Crippen molar-refractivity contribution in [2.45, 2.75) is 6.18 Å². The molecule has 0 spiro atoms. The first-order valence-electron chi connectivity index (χ1n) is 4.77. The van der Waals surface area contributed by atoms with Crippen LogP contribution in [0.15, 0.2) is 22.6 Å². The maximum absolute atomic E-state index is 12.0. The van der Waals surface area contributed by atoms with E-state index in [1.54, 1.807) is 0 Å². The van der Waals surface area contributed by atoms with Gasteiger partial charge in [-0.2, -0.15) is 18.2 Å². The van der Waals surface area contributed by atoms with Gasteiger partial charge < -0.3 is 14.9 Å². The summed E-state index contributed by atoms with van der Waals surface area (Å²) in [5.74, 6) is -3.19. The summed E-state index contributed by atoms with van der Waals surface area (Å²) in [6.45, 7) is 0. The second kappa shape index (κ2) is 4.26. The normalized spacial score (nSPS) is 11.5. The molecule has 9 heteroatoms. The zero-order chi connectivity index (χ0) is 14.2. The predicted molar refractivity (Wildman–Crippen MR) is 54.2 cm³/mol. The van der Waals surface area contributed by atoms with Gasteiger partial charge in [0.25, 0.3) is 0 Å². The second-order valence-corrected chi connectivity index (χ2v) is 3.41. The van der Waals surface area contributed by atoms with Gasteiger partial charge in [-0.3, -0.25) is 4.79 Å². The van der Waals surface area contributed by atoms with Gasteiger partial charge in [0.1, 0.15) is 5.52 Å². The second-order valence-electron chi connectivity index (χ2n) is 3.41. The van der Waals surface area contributed by atoms with Crippen LogP contribution in [0, 0.1) is 0 Å². The number of nitrogens with zero attached hydrogens (tertiary/aromatic N) is 1. The minimum absolute atomic E-state index is 0.0266. The van der Waals surface area contributed by atoms with Crippen LogP contribution >= 0.6 is 0 Å². The van der Waals surface area contributed by atoms with Gasteiger partial charge in [0.05, 0.1) is 0 Å². The number of fused-ring (bicyclic) bond motifs is 1. The molecule has 1 aromatic heterocycles. The number of nitrogens with two attached hydrogens (primary N) is 1. The van der Waals surface area contributed by atoms with Crippen molar-refractivity contribution in [1.29, 1.82) is 0 Å². The van der Waals surface area contributed by atoms with Crippen molar-refractivity contribution in [2.24, 2.45) is 5.73 Å². The zero-order valence-corrected chi connectivity index (χ0v) is 9.02. The van der Waals surface area contributed by atoms with E-state index in [1.165, 1.54) is 18.2 Å². The molecule has 0 aliphatic heterocycles. The van der Waals surface area contributed by atoms with Crippen LogP contribution in [0.25, 0.3) is 11.1 Å². The van der Waals surface area contributed by atoms with Crippen molar-refractivity contribution in [3.63, 3.8) is 0 Å². The van der Waals surface area contributed by atoms with Crippen molar-refractivity contribution in [3.8, 4) is 6.08 Å². The monoisotopic (exact) mass is 274 g/mol. The van der Waals surface area contributed by atoms with Gasteiger partial charge in [-0.25, -0.2) is 4.79 Å². The van der Waals surface area contributed by atoms with Gasteiger partial charge in [0.2, 0.25) is 5.91 Å². The molecule has 100 valence electrons. The standard InChI is InChI=1S/C10H5F3N2O4/c11-10(12,13)8(17)19-9-15-5-2-1-4(7(14)16)3-6(5)18-9/h1-3H,(H2,14,16). The number of hydrogen-bond donors (Lipinski definition) is 1. The predicted octanol–water partition coefficient (Wildman–Crippen LogP) is 1.39. The molecular weight excluding hydrogens is 269 g/mol. The molecule has 0 saturated heterocycles. The molecule has 0 bridgehead atoms. The molecule has 1 aromatic carbocycles. The largest absolute Gasteiger partial charge is 0.491 e. The van der Waals surface area contributed by atoms with Gasteiger partial charge in [0, 0.05) is 5.56 Å². The minimum atomic E-state index is -5.15. The van der Waals surface area contributed by atoms with Gasteiger partial charge in [0.15, 0.2) is 5.58 Å². The maximum atomic E-state index is 12.0. The van der Waals surface area contributed by atoms with Crippen LogP contribution in [-0.2, 0) is 4.79 Å². The number of oxazole rings is 1. The number of hydrogen-bond acceptors (Lipinski definition) is 5. The van der Waals surface area contributed by atoms with E-state index in [4.69, 9.17) is 10.2 Å².